The summed E-state index contributed by atoms with van der Waals surface area (Å²) in [4.78, 5) is 0. The molecule has 1 aromatic rings. The second-order valence-corrected chi connectivity index (χ2v) is 7.57. The Bertz CT molecular complexity index is 282. The third kappa shape index (κ3) is 4.98. The molecule has 0 aromatic heterocycles. The van der Waals surface area contributed by atoms with Gasteiger partial charge in [-0.2, -0.15) is 0 Å². The molecule has 0 saturated heterocycles. The molecule has 0 aliphatic rings. The summed E-state index contributed by atoms with van der Waals surface area (Å²) in [6, 6.07) is 10.9. The van der Waals surface area contributed by atoms with E-state index >= 15 is 0 Å². The van der Waals surface area contributed by atoms with Gasteiger partial charge in [-0.3, -0.25) is 0 Å². The Morgan fingerprint density at radius 3 is 2.67 bits per heavy atom. The molecule has 82 valence electrons. The lowest BCUT2D eigenvalue weighted by Crippen LogP contribution is -1.98. The van der Waals surface area contributed by atoms with Gasteiger partial charge in [-0.1, -0.05) is 62.2 Å². The highest BCUT2D eigenvalue weighted by Gasteiger charge is 2.04. The minimum absolute atomic E-state index is 0.0214. The first-order chi connectivity index (χ1) is 7.38. The zero-order chi connectivity index (χ0) is 10.9. The third-order valence-electron chi connectivity index (χ3n) is 2.49. The molecule has 0 aliphatic carbocycles. The lowest BCUT2D eigenvalue weighted by Gasteiger charge is -2.08. The Balaban J connectivity index is 2.53. The van der Waals surface area contributed by atoms with Gasteiger partial charge in [-0.05, 0) is 12.0 Å². The Hall–Kier alpha value is -0.0931. The maximum Gasteiger partial charge on any atom is 0.105 e. The maximum absolute atomic E-state index is 2.60. The standard InChI is InChI=1S/C13H19ISi/c1-2-3-4-8-11-13(15-14)12-9-6-5-7-10-12/h5-11,13H,2-4,15H2,1H3/b11-8+. The van der Waals surface area contributed by atoms with E-state index in [2.05, 4.69) is 71.2 Å². The van der Waals surface area contributed by atoms with Crippen LogP contribution >= 0.6 is 21.8 Å². The largest absolute Gasteiger partial charge is 0.127 e. The quantitative estimate of drug-likeness (QED) is 0.243. The molecule has 0 nitrogen and oxygen atoms in total. The van der Waals surface area contributed by atoms with Crippen molar-refractivity contribution in [3.8, 4) is 0 Å². The molecule has 0 fully saturated rings. The lowest BCUT2D eigenvalue weighted by atomic mass is 10.1. The molecule has 0 heterocycles. The fourth-order valence-corrected chi connectivity index (χ4v) is 4.69. The topological polar surface area (TPSA) is 0 Å². The first-order valence-electron chi connectivity index (χ1n) is 5.66. The molecule has 15 heavy (non-hydrogen) atoms. The number of hydrogen-bond acceptors (Lipinski definition) is 0. The van der Waals surface area contributed by atoms with E-state index in [9.17, 15) is 0 Å². The van der Waals surface area contributed by atoms with Crippen molar-refractivity contribution < 1.29 is 0 Å². The van der Waals surface area contributed by atoms with Crippen LogP contribution in [0.4, 0.5) is 0 Å². The zero-order valence-corrected chi connectivity index (χ0v) is 12.9. The van der Waals surface area contributed by atoms with E-state index in [1.807, 2.05) is 0 Å². The van der Waals surface area contributed by atoms with Gasteiger partial charge in [0.15, 0.2) is 0 Å². The van der Waals surface area contributed by atoms with Crippen LogP contribution in [0.3, 0.4) is 0 Å². The molecular formula is C13H19ISi. The average Bonchev–Trinajstić information content (AvgIpc) is 2.30. The van der Waals surface area contributed by atoms with E-state index in [0.29, 0.717) is 0 Å². The van der Waals surface area contributed by atoms with E-state index < -0.39 is 0 Å². The van der Waals surface area contributed by atoms with Crippen molar-refractivity contribution >= 4 is 28.8 Å². The van der Waals surface area contributed by atoms with Crippen molar-refractivity contribution in [1.82, 2.24) is 0 Å². The molecule has 0 aliphatic heterocycles. The highest BCUT2D eigenvalue weighted by atomic mass is 127. The summed E-state index contributed by atoms with van der Waals surface area (Å²) in [7, 11) is -0.0214. The third-order valence-corrected chi connectivity index (χ3v) is 6.41. The van der Waals surface area contributed by atoms with Crippen molar-refractivity contribution in [3.63, 3.8) is 0 Å². The van der Waals surface area contributed by atoms with Crippen molar-refractivity contribution in [2.24, 2.45) is 0 Å². The maximum atomic E-state index is 2.60. The first kappa shape index (κ1) is 13.0. The normalized spacial score (nSPS) is 14.0. The van der Waals surface area contributed by atoms with Crippen molar-refractivity contribution in [2.75, 3.05) is 0 Å². The Morgan fingerprint density at radius 1 is 1.33 bits per heavy atom. The van der Waals surface area contributed by atoms with Crippen LogP contribution in [0.1, 0.15) is 37.3 Å². The highest BCUT2D eigenvalue weighted by molar-refractivity contribution is 14.1. The first-order valence-corrected chi connectivity index (χ1v) is 11.6. The van der Waals surface area contributed by atoms with E-state index in [-0.39, 0.29) is 7.02 Å². The lowest BCUT2D eigenvalue weighted by molar-refractivity contribution is 0.812. The summed E-state index contributed by atoms with van der Waals surface area (Å²) < 4.78 is 0. The number of halogens is 1. The summed E-state index contributed by atoms with van der Waals surface area (Å²) >= 11 is 2.60. The molecular weight excluding hydrogens is 311 g/mol. The predicted octanol–water partition coefficient (Wildman–Crippen LogP) is 3.99. The van der Waals surface area contributed by atoms with Crippen LogP contribution in [0.5, 0.6) is 0 Å². The number of hydrogen-bond donors (Lipinski definition) is 0. The second-order valence-electron chi connectivity index (χ2n) is 3.74. The highest BCUT2D eigenvalue weighted by Crippen LogP contribution is 2.18. The summed E-state index contributed by atoms with van der Waals surface area (Å²) in [5, 5.41) is 0. The van der Waals surface area contributed by atoms with Crippen molar-refractivity contribution in [3.05, 3.63) is 48.0 Å². The summed E-state index contributed by atoms with van der Waals surface area (Å²) in [6.45, 7) is 2.25. The summed E-state index contributed by atoms with van der Waals surface area (Å²) in [5.74, 6) is 0. The minimum Gasteiger partial charge on any atom is -0.127 e. The van der Waals surface area contributed by atoms with Gasteiger partial charge in [0.25, 0.3) is 0 Å². The fourth-order valence-electron chi connectivity index (χ4n) is 1.53. The summed E-state index contributed by atoms with van der Waals surface area (Å²) in [5.41, 5.74) is 2.22. The van der Waals surface area contributed by atoms with Crippen LogP contribution in [0, 0.1) is 0 Å². The van der Waals surface area contributed by atoms with Crippen LogP contribution in [0.25, 0.3) is 0 Å². The van der Waals surface area contributed by atoms with Crippen LogP contribution in [-0.4, -0.2) is 7.02 Å². The minimum atomic E-state index is -0.0214. The van der Waals surface area contributed by atoms with Gasteiger partial charge in [0.1, 0.15) is 7.02 Å². The van der Waals surface area contributed by atoms with Crippen LogP contribution in [0.15, 0.2) is 42.5 Å². The molecule has 1 unspecified atom stereocenters. The molecule has 0 spiro atoms. The molecule has 2 heteroatoms. The molecule has 1 rings (SSSR count). The number of allylic oxidation sites excluding steroid dienone is 2. The van der Waals surface area contributed by atoms with Gasteiger partial charge in [-0.25, -0.2) is 0 Å². The van der Waals surface area contributed by atoms with Gasteiger partial charge >= 0.3 is 0 Å². The molecule has 0 amide bonds. The average molecular weight is 330 g/mol. The van der Waals surface area contributed by atoms with Gasteiger partial charge in [-0.15, -0.1) is 21.8 Å². The number of benzene rings is 1. The Kier molecular flexibility index (Phi) is 7.01. The van der Waals surface area contributed by atoms with Crippen LogP contribution in [-0.2, 0) is 0 Å². The molecule has 1 atom stereocenters. The van der Waals surface area contributed by atoms with Gasteiger partial charge in [0.05, 0.1) is 0 Å². The van der Waals surface area contributed by atoms with E-state index in [4.69, 9.17) is 0 Å². The molecule has 0 bridgehead atoms. The molecule has 0 radical (unpaired) electrons. The predicted molar refractivity (Wildman–Crippen MR) is 80.4 cm³/mol. The second kappa shape index (κ2) is 8.10. The van der Waals surface area contributed by atoms with Crippen LogP contribution in [0.2, 0.25) is 0 Å². The fraction of sp³-hybridized carbons (Fsp3) is 0.385. The van der Waals surface area contributed by atoms with E-state index in [1.54, 1.807) is 0 Å². The Labute approximate surface area is 108 Å². The molecule has 1 aromatic carbocycles. The SMILES string of the molecule is CCCC/C=C/C([SiH2]I)c1ccccc1. The number of unbranched alkanes of at least 4 members (excludes halogenated alkanes) is 2. The van der Waals surface area contributed by atoms with Gasteiger partial charge in [0.2, 0.25) is 0 Å². The van der Waals surface area contributed by atoms with E-state index in [1.165, 1.54) is 24.8 Å². The zero-order valence-electron chi connectivity index (χ0n) is 9.33. The molecule has 0 N–H and O–H groups in total. The van der Waals surface area contributed by atoms with Crippen molar-refractivity contribution in [2.45, 2.75) is 31.7 Å². The van der Waals surface area contributed by atoms with Crippen LogP contribution < -0.4 is 0 Å². The van der Waals surface area contributed by atoms with Crippen molar-refractivity contribution in [1.29, 1.82) is 0 Å². The summed E-state index contributed by atoms with van der Waals surface area (Å²) in [6.07, 6.45) is 8.64. The van der Waals surface area contributed by atoms with Gasteiger partial charge < -0.3 is 0 Å². The Morgan fingerprint density at radius 2 is 2.07 bits per heavy atom. The van der Waals surface area contributed by atoms with E-state index in [0.717, 1.165) is 5.54 Å². The monoisotopic (exact) mass is 330 g/mol. The van der Waals surface area contributed by atoms with Gasteiger partial charge in [0, 0.05) is 5.54 Å². The number of rotatable bonds is 6. The smallest absolute Gasteiger partial charge is 0.105 e. The molecule has 0 saturated carbocycles.